The molecule has 0 bridgehead atoms. The first-order valence-corrected chi connectivity index (χ1v) is 7.02. The van der Waals surface area contributed by atoms with E-state index in [0.29, 0.717) is 12.1 Å². The predicted molar refractivity (Wildman–Crippen MR) is 79.5 cm³/mol. The number of nitrogens with one attached hydrogen (secondary N) is 1. The molecule has 0 fully saturated rings. The first kappa shape index (κ1) is 13.7. The third kappa shape index (κ3) is 2.92. The molecule has 0 saturated heterocycles. The standard InChI is InChI=1S/C16H17FN4/c1-12(13-6-2-3-7-14(13)17)18-10-9-16-20-19-15-8-4-5-11-21(15)16/h2-8,11-12,18H,9-10H2,1H3. The van der Waals surface area contributed by atoms with E-state index in [9.17, 15) is 4.39 Å². The molecule has 0 amide bonds. The number of pyridine rings is 1. The number of benzene rings is 1. The number of halogens is 1. The van der Waals surface area contributed by atoms with Crippen LogP contribution in [0.3, 0.4) is 0 Å². The number of aromatic nitrogens is 3. The Balaban J connectivity index is 1.62. The zero-order valence-corrected chi connectivity index (χ0v) is 11.8. The predicted octanol–water partition coefficient (Wildman–Crippen LogP) is 2.76. The zero-order chi connectivity index (χ0) is 14.7. The van der Waals surface area contributed by atoms with Gasteiger partial charge in [0.25, 0.3) is 0 Å². The summed E-state index contributed by atoms with van der Waals surface area (Å²) in [4.78, 5) is 0. The highest BCUT2D eigenvalue weighted by Gasteiger charge is 2.10. The molecule has 0 saturated carbocycles. The van der Waals surface area contributed by atoms with Crippen molar-refractivity contribution < 1.29 is 4.39 Å². The van der Waals surface area contributed by atoms with E-state index in [1.807, 2.05) is 41.8 Å². The Morgan fingerprint density at radius 1 is 1.14 bits per heavy atom. The van der Waals surface area contributed by atoms with Crippen LogP contribution in [0.15, 0.2) is 48.7 Å². The van der Waals surface area contributed by atoms with Gasteiger partial charge < -0.3 is 5.32 Å². The molecule has 1 N–H and O–H groups in total. The van der Waals surface area contributed by atoms with Crippen molar-refractivity contribution >= 4 is 5.65 Å². The lowest BCUT2D eigenvalue weighted by molar-refractivity contribution is 0.527. The van der Waals surface area contributed by atoms with Gasteiger partial charge in [0.2, 0.25) is 0 Å². The second-order valence-corrected chi connectivity index (χ2v) is 4.99. The second-order valence-electron chi connectivity index (χ2n) is 4.99. The summed E-state index contributed by atoms with van der Waals surface area (Å²) in [5.41, 5.74) is 1.53. The van der Waals surface area contributed by atoms with Crippen molar-refractivity contribution in [2.24, 2.45) is 0 Å². The van der Waals surface area contributed by atoms with Crippen LogP contribution in [-0.4, -0.2) is 21.1 Å². The van der Waals surface area contributed by atoms with E-state index in [1.54, 1.807) is 12.1 Å². The molecule has 0 spiro atoms. The van der Waals surface area contributed by atoms with E-state index in [1.165, 1.54) is 6.07 Å². The molecule has 1 atom stereocenters. The Morgan fingerprint density at radius 2 is 1.95 bits per heavy atom. The normalized spacial score (nSPS) is 12.7. The van der Waals surface area contributed by atoms with Gasteiger partial charge in [-0.15, -0.1) is 10.2 Å². The maximum Gasteiger partial charge on any atom is 0.160 e. The summed E-state index contributed by atoms with van der Waals surface area (Å²) in [7, 11) is 0. The minimum atomic E-state index is -0.176. The smallest absolute Gasteiger partial charge is 0.160 e. The molecule has 1 unspecified atom stereocenters. The van der Waals surface area contributed by atoms with Gasteiger partial charge in [0.05, 0.1) is 0 Å². The molecule has 4 nitrogen and oxygen atoms in total. The summed E-state index contributed by atoms with van der Waals surface area (Å²) < 4.78 is 15.7. The van der Waals surface area contributed by atoms with Crippen LogP contribution < -0.4 is 5.32 Å². The molecule has 5 heteroatoms. The lowest BCUT2D eigenvalue weighted by Gasteiger charge is -2.14. The highest BCUT2D eigenvalue weighted by Crippen LogP contribution is 2.15. The molecule has 0 radical (unpaired) electrons. The first-order valence-electron chi connectivity index (χ1n) is 7.02. The number of hydrogen-bond donors (Lipinski definition) is 1. The van der Waals surface area contributed by atoms with Crippen LogP contribution in [-0.2, 0) is 6.42 Å². The van der Waals surface area contributed by atoms with Crippen LogP contribution >= 0.6 is 0 Å². The summed E-state index contributed by atoms with van der Waals surface area (Å²) >= 11 is 0. The fraction of sp³-hybridized carbons (Fsp3) is 0.250. The van der Waals surface area contributed by atoms with Crippen LogP contribution in [0.2, 0.25) is 0 Å². The monoisotopic (exact) mass is 284 g/mol. The molecule has 3 aromatic rings. The van der Waals surface area contributed by atoms with Crippen molar-refractivity contribution in [3.63, 3.8) is 0 Å². The topological polar surface area (TPSA) is 42.2 Å². The van der Waals surface area contributed by atoms with Gasteiger partial charge in [-0.05, 0) is 25.1 Å². The van der Waals surface area contributed by atoms with Crippen molar-refractivity contribution in [1.29, 1.82) is 0 Å². The van der Waals surface area contributed by atoms with Crippen molar-refractivity contribution in [1.82, 2.24) is 19.9 Å². The number of hydrogen-bond acceptors (Lipinski definition) is 3. The maximum absolute atomic E-state index is 13.7. The van der Waals surface area contributed by atoms with E-state index in [-0.39, 0.29) is 11.9 Å². The average Bonchev–Trinajstić information content (AvgIpc) is 2.91. The number of nitrogens with zero attached hydrogens (tertiary/aromatic N) is 3. The first-order chi connectivity index (χ1) is 10.3. The van der Waals surface area contributed by atoms with Gasteiger partial charge in [0.1, 0.15) is 11.6 Å². The summed E-state index contributed by atoms with van der Waals surface area (Å²) in [5, 5.41) is 11.6. The third-order valence-corrected chi connectivity index (χ3v) is 3.56. The van der Waals surface area contributed by atoms with Gasteiger partial charge >= 0.3 is 0 Å². The molecule has 0 aliphatic heterocycles. The number of rotatable bonds is 5. The molecule has 0 aliphatic rings. The average molecular weight is 284 g/mol. The SMILES string of the molecule is CC(NCCc1nnc2ccccn12)c1ccccc1F. The zero-order valence-electron chi connectivity index (χ0n) is 11.8. The van der Waals surface area contributed by atoms with E-state index in [0.717, 1.165) is 17.9 Å². The van der Waals surface area contributed by atoms with Gasteiger partial charge in [0.15, 0.2) is 5.65 Å². The largest absolute Gasteiger partial charge is 0.310 e. The van der Waals surface area contributed by atoms with Gasteiger partial charge in [-0.3, -0.25) is 4.40 Å². The van der Waals surface area contributed by atoms with Crippen molar-refractivity contribution in [2.45, 2.75) is 19.4 Å². The Labute approximate surface area is 122 Å². The molecular weight excluding hydrogens is 267 g/mol. The highest BCUT2D eigenvalue weighted by molar-refractivity contribution is 5.37. The summed E-state index contributed by atoms with van der Waals surface area (Å²) in [6, 6.07) is 12.6. The van der Waals surface area contributed by atoms with Gasteiger partial charge in [-0.1, -0.05) is 24.3 Å². The van der Waals surface area contributed by atoms with Crippen molar-refractivity contribution in [2.75, 3.05) is 6.54 Å². The van der Waals surface area contributed by atoms with Crippen LogP contribution in [0.1, 0.15) is 24.4 Å². The van der Waals surface area contributed by atoms with E-state index in [2.05, 4.69) is 15.5 Å². The lowest BCUT2D eigenvalue weighted by Crippen LogP contribution is -2.22. The van der Waals surface area contributed by atoms with Crippen LogP contribution in [0, 0.1) is 5.82 Å². The van der Waals surface area contributed by atoms with Crippen LogP contribution in [0.25, 0.3) is 5.65 Å². The maximum atomic E-state index is 13.7. The Morgan fingerprint density at radius 3 is 2.81 bits per heavy atom. The van der Waals surface area contributed by atoms with Crippen LogP contribution in [0.5, 0.6) is 0 Å². The van der Waals surface area contributed by atoms with E-state index >= 15 is 0 Å². The third-order valence-electron chi connectivity index (χ3n) is 3.56. The van der Waals surface area contributed by atoms with Crippen molar-refractivity contribution in [3.8, 4) is 0 Å². The molecule has 3 rings (SSSR count). The van der Waals surface area contributed by atoms with Gasteiger partial charge in [0, 0.05) is 30.8 Å². The molecule has 2 heterocycles. The second kappa shape index (κ2) is 6.01. The quantitative estimate of drug-likeness (QED) is 0.783. The highest BCUT2D eigenvalue weighted by atomic mass is 19.1. The summed E-state index contributed by atoms with van der Waals surface area (Å²) in [6.07, 6.45) is 2.69. The van der Waals surface area contributed by atoms with Gasteiger partial charge in [-0.2, -0.15) is 0 Å². The molecule has 21 heavy (non-hydrogen) atoms. The fourth-order valence-electron chi connectivity index (χ4n) is 2.40. The van der Waals surface area contributed by atoms with Gasteiger partial charge in [-0.25, -0.2) is 4.39 Å². The Kier molecular flexibility index (Phi) is 3.92. The van der Waals surface area contributed by atoms with E-state index in [4.69, 9.17) is 0 Å². The Bertz CT molecular complexity index is 738. The molecule has 2 aromatic heterocycles. The van der Waals surface area contributed by atoms with E-state index < -0.39 is 0 Å². The summed E-state index contributed by atoms with van der Waals surface area (Å²) in [5.74, 6) is 0.726. The molecule has 1 aromatic carbocycles. The van der Waals surface area contributed by atoms with Crippen molar-refractivity contribution in [3.05, 3.63) is 65.9 Å². The summed E-state index contributed by atoms with van der Waals surface area (Å²) in [6.45, 7) is 2.67. The lowest BCUT2D eigenvalue weighted by atomic mass is 10.1. The molecule has 0 aliphatic carbocycles. The number of fused-ring (bicyclic) bond motifs is 1. The minimum Gasteiger partial charge on any atom is -0.310 e. The van der Waals surface area contributed by atoms with Crippen LogP contribution in [0.4, 0.5) is 4.39 Å². The fourth-order valence-corrected chi connectivity index (χ4v) is 2.40. The molecule has 108 valence electrons. The molecular formula is C16H17FN4. The minimum absolute atomic E-state index is 0.0367. The Hall–Kier alpha value is -2.27.